The molecule has 1 atom stereocenters. The summed E-state index contributed by atoms with van der Waals surface area (Å²) in [5.41, 5.74) is 2.75. The standard InChI is InChI=1S/C17H27N3/c1-2-12-20(11-1)14-15-5-3-6-17(13-15)19-16-7-4-9-18-10-8-16/h3,5-6,13,16,18-19H,1-2,4,7-12,14H2. The van der Waals surface area contributed by atoms with Crippen molar-refractivity contribution >= 4 is 5.69 Å². The molecular weight excluding hydrogens is 246 g/mol. The zero-order valence-electron chi connectivity index (χ0n) is 12.4. The predicted molar refractivity (Wildman–Crippen MR) is 85.1 cm³/mol. The van der Waals surface area contributed by atoms with E-state index in [-0.39, 0.29) is 0 Å². The third kappa shape index (κ3) is 3.97. The monoisotopic (exact) mass is 273 g/mol. The maximum atomic E-state index is 3.73. The molecule has 0 radical (unpaired) electrons. The van der Waals surface area contributed by atoms with Crippen LogP contribution in [0.25, 0.3) is 0 Å². The molecule has 2 aliphatic rings. The first-order valence-electron chi connectivity index (χ1n) is 8.19. The lowest BCUT2D eigenvalue weighted by atomic mass is 10.1. The fraction of sp³-hybridized carbons (Fsp3) is 0.647. The Bertz CT molecular complexity index is 404. The first-order chi connectivity index (χ1) is 9.90. The van der Waals surface area contributed by atoms with Crippen LogP contribution in [0.3, 0.4) is 0 Å². The lowest BCUT2D eigenvalue weighted by molar-refractivity contribution is 0.331. The molecule has 20 heavy (non-hydrogen) atoms. The Labute approximate surface area is 122 Å². The quantitative estimate of drug-likeness (QED) is 0.883. The Kier molecular flexibility index (Phi) is 4.93. The molecule has 2 saturated heterocycles. The molecular formula is C17H27N3. The zero-order chi connectivity index (χ0) is 13.6. The number of anilines is 1. The highest BCUT2D eigenvalue weighted by Gasteiger charge is 2.13. The molecule has 2 heterocycles. The molecule has 1 aromatic rings. The van der Waals surface area contributed by atoms with Gasteiger partial charge in [-0.15, -0.1) is 0 Å². The summed E-state index contributed by atoms with van der Waals surface area (Å²) in [4.78, 5) is 2.56. The Hall–Kier alpha value is -1.06. The molecule has 2 N–H and O–H groups in total. The van der Waals surface area contributed by atoms with Gasteiger partial charge in [0.05, 0.1) is 0 Å². The van der Waals surface area contributed by atoms with Gasteiger partial charge in [-0.1, -0.05) is 12.1 Å². The summed E-state index contributed by atoms with van der Waals surface area (Å²) in [5, 5.41) is 7.20. The first-order valence-corrected chi connectivity index (χ1v) is 8.19. The van der Waals surface area contributed by atoms with Crippen molar-refractivity contribution in [2.24, 2.45) is 0 Å². The van der Waals surface area contributed by atoms with E-state index in [9.17, 15) is 0 Å². The summed E-state index contributed by atoms with van der Waals surface area (Å²) in [6.07, 6.45) is 6.53. The fourth-order valence-corrected chi connectivity index (χ4v) is 3.36. The van der Waals surface area contributed by atoms with Crippen LogP contribution in [-0.4, -0.2) is 37.1 Å². The highest BCUT2D eigenvalue weighted by atomic mass is 15.1. The van der Waals surface area contributed by atoms with E-state index in [4.69, 9.17) is 0 Å². The number of nitrogens with zero attached hydrogens (tertiary/aromatic N) is 1. The zero-order valence-corrected chi connectivity index (χ0v) is 12.4. The van der Waals surface area contributed by atoms with E-state index in [0.29, 0.717) is 6.04 Å². The van der Waals surface area contributed by atoms with Gasteiger partial charge in [0.2, 0.25) is 0 Å². The third-order valence-corrected chi connectivity index (χ3v) is 4.48. The molecule has 1 aromatic carbocycles. The first kappa shape index (κ1) is 13.9. The van der Waals surface area contributed by atoms with Gasteiger partial charge in [-0.2, -0.15) is 0 Å². The molecule has 0 bridgehead atoms. The summed E-state index contributed by atoms with van der Waals surface area (Å²) in [7, 11) is 0. The van der Waals surface area contributed by atoms with E-state index in [0.717, 1.165) is 13.1 Å². The molecule has 0 spiro atoms. The van der Waals surface area contributed by atoms with Crippen LogP contribution in [-0.2, 0) is 6.54 Å². The molecule has 3 rings (SSSR count). The molecule has 0 aromatic heterocycles. The largest absolute Gasteiger partial charge is 0.382 e. The van der Waals surface area contributed by atoms with E-state index in [2.05, 4.69) is 39.8 Å². The molecule has 0 aliphatic carbocycles. The average Bonchev–Trinajstić information content (AvgIpc) is 2.82. The number of rotatable bonds is 4. The minimum absolute atomic E-state index is 0.632. The van der Waals surface area contributed by atoms with Crippen molar-refractivity contribution in [2.45, 2.75) is 44.7 Å². The molecule has 2 aliphatic heterocycles. The summed E-state index contributed by atoms with van der Waals surface area (Å²) in [6.45, 7) is 5.97. The van der Waals surface area contributed by atoms with Gasteiger partial charge >= 0.3 is 0 Å². The highest BCUT2D eigenvalue weighted by Crippen LogP contribution is 2.18. The minimum Gasteiger partial charge on any atom is -0.382 e. The Morgan fingerprint density at radius 1 is 1.10 bits per heavy atom. The van der Waals surface area contributed by atoms with Crippen molar-refractivity contribution < 1.29 is 0 Å². The summed E-state index contributed by atoms with van der Waals surface area (Å²) in [5.74, 6) is 0. The second kappa shape index (κ2) is 7.09. The lowest BCUT2D eigenvalue weighted by Gasteiger charge is -2.19. The second-order valence-corrected chi connectivity index (χ2v) is 6.21. The van der Waals surface area contributed by atoms with Gasteiger partial charge in [0, 0.05) is 18.3 Å². The van der Waals surface area contributed by atoms with Gasteiger partial charge in [-0.05, 0) is 76.0 Å². The molecule has 3 heteroatoms. The van der Waals surface area contributed by atoms with E-state index in [1.807, 2.05) is 0 Å². The molecule has 1 unspecified atom stereocenters. The van der Waals surface area contributed by atoms with Gasteiger partial charge in [-0.25, -0.2) is 0 Å². The third-order valence-electron chi connectivity index (χ3n) is 4.48. The van der Waals surface area contributed by atoms with Gasteiger partial charge < -0.3 is 10.6 Å². The van der Waals surface area contributed by atoms with Crippen LogP contribution >= 0.6 is 0 Å². The lowest BCUT2D eigenvalue weighted by Crippen LogP contribution is -2.22. The number of hydrogen-bond acceptors (Lipinski definition) is 3. The number of benzene rings is 1. The number of nitrogens with one attached hydrogen (secondary N) is 2. The Morgan fingerprint density at radius 3 is 2.90 bits per heavy atom. The minimum atomic E-state index is 0.632. The van der Waals surface area contributed by atoms with Crippen LogP contribution in [0, 0.1) is 0 Å². The van der Waals surface area contributed by atoms with Crippen molar-refractivity contribution in [1.82, 2.24) is 10.2 Å². The molecule has 110 valence electrons. The second-order valence-electron chi connectivity index (χ2n) is 6.21. The summed E-state index contributed by atoms with van der Waals surface area (Å²) >= 11 is 0. The fourth-order valence-electron chi connectivity index (χ4n) is 3.36. The van der Waals surface area contributed by atoms with Crippen LogP contribution in [0.5, 0.6) is 0 Å². The number of likely N-dealkylation sites (tertiary alicyclic amines) is 1. The topological polar surface area (TPSA) is 27.3 Å². The van der Waals surface area contributed by atoms with E-state index in [1.54, 1.807) is 0 Å². The Balaban J connectivity index is 1.58. The van der Waals surface area contributed by atoms with Gasteiger partial charge in [0.15, 0.2) is 0 Å². The van der Waals surface area contributed by atoms with Gasteiger partial charge in [0.25, 0.3) is 0 Å². The SMILES string of the molecule is c1cc(CN2CCCC2)cc(NC2CCCNCC2)c1. The van der Waals surface area contributed by atoms with Crippen molar-refractivity contribution in [1.29, 1.82) is 0 Å². The highest BCUT2D eigenvalue weighted by molar-refractivity contribution is 5.46. The van der Waals surface area contributed by atoms with Crippen molar-refractivity contribution in [3.63, 3.8) is 0 Å². The van der Waals surface area contributed by atoms with E-state index in [1.165, 1.54) is 63.0 Å². The van der Waals surface area contributed by atoms with Crippen LogP contribution in [0.1, 0.15) is 37.7 Å². The normalized spacial score (nSPS) is 24.5. The van der Waals surface area contributed by atoms with Crippen molar-refractivity contribution in [3.05, 3.63) is 29.8 Å². The van der Waals surface area contributed by atoms with Crippen LogP contribution < -0.4 is 10.6 Å². The predicted octanol–water partition coefficient (Wildman–Crippen LogP) is 2.84. The van der Waals surface area contributed by atoms with Crippen LogP contribution in [0.4, 0.5) is 5.69 Å². The van der Waals surface area contributed by atoms with Crippen LogP contribution in [0.2, 0.25) is 0 Å². The van der Waals surface area contributed by atoms with E-state index < -0.39 is 0 Å². The molecule has 0 saturated carbocycles. The molecule has 3 nitrogen and oxygen atoms in total. The van der Waals surface area contributed by atoms with E-state index >= 15 is 0 Å². The maximum absolute atomic E-state index is 3.73. The molecule has 2 fully saturated rings. The Morgan fingerprint density at radius 2 is 2.00 bits per heavy atom. The smallest absolute Gasteiger partial charge is 0.0345 e. The average molecular weight is 273 g/mol. The summed E-state index contributed by atoms with van der Waals surface area (Å²) < 4.78 is 0. The maximum Gasteiger partial charge on any atom is 0.0345 e. The van der Waals surface area contributed by atoms with Gasteiger partial charge in [-0.3, -0.25) is 4.90 Å². The number of hydrogen-bond donors (Lipinski definition) is 2. The van der Waals surface area contributed by atoms with Gasteiger partial charge in [0.1, 0.15) is 0 Å². The van der Waals surface area contributed by atoms with Crippen molar-refractivity contribution in [2.75, 3.05) is 31.5 Å². The van der Waals surface area contributed by atoms with Crippen LogP contribution in [0.15, 0.2) is 24.3 Å². The molecule has 0 amide bonds. The van der Waals surface area contributed by atoms with Crippen molar-refractivity contribution in [3.8, 4) is 0 Å². The summed E-state index contributed by atoms with van der Waals surface area (Å²) in [6, 6.07) is 9.65.